The third-order valence-electron chi connectivity index (χ3n) is 4.77. The lowest BCUT2D eigenvalue weighted by Crippen LogP contribution is -2.42. The van der Waals surface area contributed by atoms with Crippen molar-refractivity contribution in [3.63, 3.8) is 0 Å². The molecule has 0 bridgehead atoms. The third kappa shape index (κ3) is 4.55. The Labute approximate surface area is 144 Å². The Balaban J connectivity index is 1.56. The van der Waals surface area contributed by atoms with Crippen LogP contribution in [0.3, 0.4) is 0 Å². The molecule has 0 radical (unpaired) electrons. The third-order valence-corrected chi connectivity index (χ3v) is 5.50. The van der Waals surface area contributed by atoms with Gasteiger partial charge in [0.2, 0.25) is 12.2 Å². The molecule has 2 atom stereocenters. The van der Waals surface area contributed by atoms with Gasteiger partial charge in [-0.2, -0.15) is 4.21 Å². The average Bonchev–Trinajstić information content (AvgIpc) is 2.99. The molecule has 1 heterocycles. The maximum absolute atomic E-state index is 12.3. The van der Waals surface area contributed by atoms with E-state index in [9.17, 15) is 13.8 Å². The van der Waals surface area contributed by atoms with Crippen molar-refractivity contribution < 1.29 is 31.6 Å². The normalized spacial score (nSPS) is 30.2. The topological polar surface area (TPSA) is 88.1 Å². The molecule has 0 aromatic carbocycles. The van der Waals surface area contributed by atoms with Gasteiger partial charge in [-0.25, -0.2) is 18.0 Å². The lowest BCUT2D eigenvalue weighted by molar-refractivity contribution is -0.170. The summed E-state index contributed by atoms with van der Waals surface area (Å²) in [5, 5.41) is 0. The molecule has 2 aliphatic carbocycles. The van der Waals surface area contributed by atoms with E-state index in [1.54, 1.807) is 0 Å². The molecule has 0 amide bonds. The Morgan fingerprint density at radius 3 is 1.46 bits per heavy atom. The Bertz CT molecular complexity index is 441. The van der Waals surface area contributed by atoms with Gasteiger partial charge >= 0.3 is 23.3 Å². The first kappa shape index (κ1) is 17.8. The SMILES string of the molecule is O=C(OC1CCCCC1)[C@@H]1OS(=O)O[C@H]1C(=O)OC1CCCCC1. The minimum Gasteiger partial charge on any atom is -0.460 e. The summed E-state index contributed by atoms with van der Waals surface area (Å²) in [4.78, 5) is 24.6. The van der Waals surface area contributed by atoms with Gasteiger partial charge in [0.25, 0.3) is 0 Å². The second-order valence-electron chi connectivity index (χ2n) is 6.63. The van der Waals surface area contributed by atoms with Crippen molar-refractivity contribution in [2.24, 2.45) is 0 Å². The second-order valence-corrected chi connectivity index (χ2v) is 7.42. The van der Waals surface area contributed by atoms with Crippen LogP contribution in [0.25, 0.3) is 0 Å². The molecule has 3 rings (SSSR count). The largest absolute Gasteiger partial charge is 0.460 e. The van der Waals surface area contributed by atoms with Gasteiger partial charge in [0.15, 0.2) is 0 Å². The van der Waals surface area contributed by atoms with E-state index in [1.807, 2.05) is 0 Å². The molecular formula is C16H24O7S. The summed E-state index contributed by atoms with van der Waals surface area (Å²) in [6.45, 7) is 0. The van der Waals surface area contributed by atoms with Gasteiger partial charge in [-0.1, -0.05) is 12.8 Å². The molecule has 8 heteroatoms. The van der Waals surface area contributed by atoms with Crippen LogP contribution >= 0.6 is 0 Å². The molecular weight excluding hydrogens is 336 g/mol. The van der Waals surface area contributed by atoms with Crippen LogP contribution in [0.4, 0.5) is 0 Å². The van der Waals surface area contributed by atoms with Crippen molar-refractivity contribution in [2.75, 3.05) is 0 Å². The first-order chi connectivity index (χ1) is 11.6. The van der Waals surface area contributed by atoms with Crippen molar-refractivity contribution in [3.05, 3.63) is 0 Å². The van der Waals surface area contributed by atoms with Crippen molar-refractivity contribution in [3.8, 4) is 0 Å². The zero-order chi connectivity index (χ0) is 16.9. The van der Waals surface area contributed by atoms with Crippen LogP contribution in [0.5, 0.6) is 0 Å². The number of esters is 2. The van der Waals surface area contributed by atoms with Crippen molar-refractivity contribution >= 4 is 23.3 Å². The van der Waals surface area contributed by atoms with E-state index in [0.29, 0.717) is 0 Å². The quantitative estimate of drug-likeness (QED) is 0.709. The van der Waals surface area contributed by atoms with Crippen LogP contribution in [0.1, 0.15) is 64.2 Å². The van der Waals surface area contributed by atoms with Crippen molar-refractivity contribution in [1.29, 1.82) is 0 Å². The fourth-order valence-corrected chi connectivity index (χ4v) is 4.19. The van der Waals surface area contributed by atoms with Gasteiger partial charge in [0.05, 0.1) is 0 Å². The average molecular weight is 360 g/mol. The predicted octanol–water partition coefficient (Wildman–Crippen LogP) is 2.10. The smallest absolute Gasteiger partial charge is 0.340 e. The molecule has 0 aromatic heterocycles. The molecule has 2 saturated carbocycles. The summed E-state index contributed by atoms with van der Waals surface area (Å²) in [5.41, 5.74) is 0. The molecule has 24 heavy (non-hydrogen) atoms. The fraction of sp³-hybridized carbons (Fsp3) is 0.875. The maximum Gasteiger partial charge on any atom is 0.340 e. The Hall–Kier alpha value is -0.990. The van der Waals surface area contributed by atoms with Crippen LogP contribution in [0.15, 0.2) is 0 Å². The molecule has 7 nitrogen and oxygen atoms in total. The molecule has 0 N–H and O–H groups in total. The highest BCUT2D eigenvalue weighted by Gasteiger charge is 2.48. The number of hydrogen-bond donors (Lipinski definition) is 0. The first-order valence-electron chi connectivity index (χ1n) is 8.80. The summed E-state index contributed by atoms with van der Waals surface area (Å²) in [6.07, 6.45) is 6.58. The van der Waals surface area contributed by atoms with Gasteiger partial charge in [0, 0.05) is 0 Å². The lowest BCUT2D eigenvalue weighted by atomic mass is 9.97. The predicted molar refractivity (Wildman–Crippen MR) is 83.8 cm³/mol. The minimum atomic E-state index is -2.14. The molecule has 0 aromatic rings. The highest BCUT2D eigenvalue weighted by molar-refractivity contribution is 7.75. The first-order valence-corrected chi connectivity index (χ1v) is 9.80. The Morgan fingerprint density at radius 2 is 1.08 bits per heavy atom. The van der Waals surface area contributed by atoms with Crippen LogP contribution in [0, 0.1) is 0 Å². The molecule has 3 fully saturated rings. The Kier molecular flexibility index (Phi) is 6.24. The fourth-order valence-electron chi connectivity index (χ4n) is 3.45. The van der Waals surface area contributed by atoms with E-state index in [0.717, 1.165) is 64.2 Å². The standard InChI is InChI=1S/C16H24O7S/c17-15(20-11-7-3-1-4-8-11)13-14(23-24(19)22-13)16(18)21-12-9-5-2-6-10-12/h11-14H,1-10H2/t13-,14-/m1/s1. The maximum atomic E-state index is 12.3. The van der Waals surface area contributed by atoms with Gasteiger partial charge in [0.1, 0.15) is 12.2 Å². The summed E-state index contributed by atoms with van der Waals surface area (Å²) >= 11 is -2.14. The number of hydrogen-bond acceptors (Lipinski definition) is 7. The van der Waals surface area contributed by atoms with Gasteiger partial charge in [-0.15, -0.1) is 0 Å². The lowest BCUT2D eigenvalue weighted by Gasteiger charge is -2.25. The monoisotopic (exact) mass is 360 g/mol. The number of rotatable bonds is 4. The van der Waals surface area contributed by atoms with Gasteiger partial charge < -0.3 is 9.47 Å². The summed E-state index contributed by atoms with van der Waals surface area (Å²) in [5.74, 6) is -1.39. The van der Waals surface area contributed by atoms with E-state index in [2.05, 4.69) is 0 Å². The van der Waals surface area contributed by atoms with E-state index in [-0.39, 0.29) is 12.2 Å². The van der Waals surface area contributed by atoms with Crippen LogP contribution in [-0.2, 0) is 38.8 Å². The van der Waals surface area contributed by atoms with E-state index < -0.39 is 35.5 Å². The molecule has 3 aliphatic rings. The van der Waals surface area contributed by atoms with E-state index in [4.69, 9.17) is 17.8 Å². The van der Waals surface area contributed by atoms with Gasteiger partial charge in [-0.3, -0.25) is 0 Å². The number of carbonyl (C=O) groups excluding carboxylic acids is 2. The highest BCUT2D eigenvalue weighted by Crippen LogP contribution is 2.26. The number of ether oxygens (including phenoxy) is 2. The zero-order valence-corrected chi connectivity index (χ0v) is 14.5. The van der Waals surface area contributed by atoms with Crippen LogP contribution in [0.2, 0.25) is 0 Å². The zero-order valence-electron chi connectivity index (χ0n) is 13.6. The van der Waals surface area contributed by atoms with Crippen LogP contribution < -0.4 is 0 Å². The number of carbonyl (C=O) groups is 2. The Morgan fingerprint density at radius 1 is 0.708 bits per heavy atom. The summed E-state index contributed by atoms with van der Waals surface area (Å²) in [7, 11) is 0. The minimum absolute atomic E-state index is 0.168. The second kappa shape index (κ2) is 8.40. The van der Waals surface area contributed by atoms with Crippen LogP contribution in [-0.4, -0.2) is 40.6 Å². The van der Waals surface area contributed by atoms with Gasteiger partial charge in [-0.05, 0) is 51.4 Å². The molecule has 1 aliphatic heterocycles. The van der Waals surface area contributed by atoms with Crippen molar-refractivity contribution in [2.45, 2.75) is 88.6 Å². The van der Waals surface area contributed by atoms with Crippen molar-refractivity contribution in [1.82, 2.24) is 0 Å². The highest BCUT2D eigenvalue weighted by atomic mass is 32.2. The molecule has 0 spiro atoms. The summed E-state index contributed by atoms with van der Waals surface area (Å²) < 4.78 is 32.2. The molecule has 136 valence electrons. The molecule has 0 unspecified atom stereocenters. The van der Waals surface area contributed by atoms with E-state index in [1.165, 1.54) is 0 Å². The molecule has 1 saturated heterocycles. The van der Waals surface area contributed by atoms with E-state index >= 15 is 0 Å². The summed E-state index contributed by atoms with van der Waals surface area (Å²) in [6, 6.07) is 0.